The lowest BCUT2D eigenvalue weighted by atomic mass is 10.1. The molecule has 2 aromatic carbocycles. The van der Waals surface area contributed by atoms with E-state index in [1.54, 1.807) is 22.7 Å². The summed E-state index contributed by atoms with van der Waals surface area (Å²) in [5, 5.41) is 23.0. The van der Waals surface area contributed by atoms with E-state index in [-0.39, 0.29) is 0 Å². The van der Waals surface area contributed by atoms with Gasteiger partial charge in [-0.1, -0.05) is 54.1 Å². The first kappa shape index (κ1) is 16.7. The summed E-state index contributed by atoms with van der Waals surface area (Å²) in [5.74, 6) is 0. The molecule has 1 N–H and O–H groups in total. The van der Waals surface area contributed by atoms with Gasteiger partial charge in [0.15, 0.2) is 5.65 Å². The fourth-order valence-electron chi connectivity index (χ4n) is 2.86. The van der Waals surface area contributed by atoms with Crippen molar-refractivity contribution in [3.8, 4) is 23.4 Å². The number of aromatic amines is 1. The van der Waals surface area contributed by atoms with Crippen LogP contribution in [0.2, 0.25) is 5.02 Å². The number of hydrogen-bond acceptors (Lipinski definition) is 3. The average molecular weight is 370 g/mol. The molecule has 2 heterocycles. The fourth-order valence-corrected chi connectivity index (χ4v) is 2.99. The molecule has 128 valence electrons. The highest BCUT2D eigenvalue weighted by atomic mass is 35.5. The van der Waals surface area contributed by atoms with Crippen molar-refractivity contribution in [1.29, 1.82) is 10.5 Å². The van der Waals surface area contributed by atoms with Crippen LogP contribution in [0.25, 0.3) is 28.6 Å². The molecular weight excluding hydrogens is 358 g/mol. The van der Waals surface area contributed by atoms with Gasteiger partial charge in [-0.25, -0.2) is 9.50 Å². The van der Waals surface area contributed by atoms with Crippen molar-refractivity contribution < 1.29 is 0 Å². The summed E-state index contributed by atoms with van der Waals surface area (Å²) in [6.45, 7) is 0. The van der Waals surface area contributed by atoms with Crippen LogP contribution in [0.15, 0.2) is 60.8 Å². The van der Waals surface area contributed by atoms with Crippen LogP contribution in [0.1, 0.15) is 16.8 Å². The van der Waals surface area contributed by atoms with Gasteiger partial charge >= 0.3 is 0 Å². The zero-order valence-corrected chi connectivity index (χ0v) is 14.8. The van der Waals surface area contributed by atoms with Gasteiger partial charge in [-0.2, -0.15) is 10.5 Å². The van der Waals surface area contributed by atoms with Crippen LogP contribution >= 0.6 is 11.6 Å². The lowest BCUT2D eigenvalue weighted by molar-refractivity contribution is 0.964. The van der Waals surface area contributed by atoms with E-state index in [1.165, 1.54) is 0 Å². The Kier molecular flexibility index (Phi) is 4.22. The molecule has 0 aliphatic rings. The predicted octanol–water partition coefficient (Wildman–Crippen LogP) is 4.92. The standard InChI is InChI=1S/C21H12ClN5/c22-17-8-6-14(7-9-17)10-16(11-23)20-18(12-24)21-25-19(13-27(21)26-20)15-4-2-1-3-5-15/h1-10,13,26H/b16-10-. The van der Waals surface area contributed by atoms with Gasteiger partial charge in [0.1, 0.15) is 17.7 Å². The van der Waals surface area contributed by atoms with E-state index in [1.807, 2.05) is 48.7 Å². The van der Waals surface area contributed by atoms with Gasteiger partial charge in [-0.3, -0.25) is 5.10 Å². The van der Waals surface area contributed by atoms with Gasteiger partial charge in [-0.05, 0) is 23.8 Å². The van der Waals surface area contributed by atoms with Crippen molar-refractivity contribution in [2.75, 3.05) is 0 Å². The van der Waals surface area contributed by atoms with Gasteiger partial charge in [-0.15, -0.1) is 0 Å². The number of aromatic nitrogens is 3. The molecule has 4 aromatic rings. The first-order chi connectivity index (χ1) is 13.2. The summed E-state index contributed by atoms with van der Waals surface area (Å²) in [6, 6.07) is 21.2. The zero-order chi connectivity index (χ0) is 18.8. The number of hydrogen-bond donors (Lipinski definition) is 1. The van der Waals surface area contributed by atoms with Crippen LogP contribution in [0.4, 0.5) is 0 Å². The molecule has 2 aromatic heterocycles. The molecule has 0 aliphatic heterocycles. The van der Waals surface area contributed by atoms with E-state index in [0.717, 1.165) is 16.8 Å². The summed E-state index contributed by atoms with van der Waals surface area (Å²) in [4.78, 5) is 4.56. The normalized spacial score (nSPS) is 11.3. The molecule has 0 spiro atoms. The van der Waals surface area contributed by atoms with Gasteiger partial charge in [0, 0.05) is 10.6 Å². The Balaban J connectivity index is 1.82. The topological polar surface area (TPSA) is 80.7 Å². The molecule has 5 nitrogen and oxygen atoms in total. The van der Waals surface area contributed by atoms with Crippen LogP contribution in [-0.4, -0.2) is 14.6 Å². The number of nitriles is 2. The molecular formula is C21H12ClN5. The van der Waals surface area contributed by atoms with E-state index < -0.39 is 0 Å². The molecule has 0 unspecified atom stereocenters. The van der Waals surface area contributed by atoms with Crippen LogP contribution in [-0.2, 0) is 0 Å². The van der Waals surface area contributed by atoms with Crippen LogP contribution in [0, 0.1) is 22.7 Å². The highest BCUT2D eigenvalue weighted by Crippen LogP contribution is 2.26. The molecule has 0 radical (unpaired) electrons. The highest BCUT2D eigenvalue weighted by Gasteiger charge is 2.18. The van der Waals surface area contributed by atoms with E-state index in [9.17, 15) is 10.5 Å². The average Bonchev–Trinajstić information content (AvgIpc) is 3.26. The molecule has 0 amide bonds. The lowest BCUT2D eigenvalue weighted by Gasteiger charge is -1.99. The van der Waals surface area contributed by atoms with E-state index in [0.29, 0.717) is 27.5 Å². The Bertz CT molecular complexity index is 1230. The van der Waals surface area contributed by atoms with E-state index >= 15 is 0 Å². The van der Waals surface area contributed by atoms with Gasteiger partial charge in [0.05, 0.1) is 23.2 Å². The second-order valence-corrected chi connectivity index (χ2v) is 6.32. The van der Waals surface area contributed by atoms with Crippen molar-refractivity contribution >= 4 is 28.9 Å². The third kappa shape index (κ3) is 3.08. The molecule has 0 bridgehead atoms. The van der Waals surface area contributed by atoms with Gasteiger partial charge in [0.2, 0.25) is 0 Å². The Morgan fingerprint density at radius 1 is 1.07 bits per heavy atom. The number of H-pyrrole nitrogens is 1. The Labute approximate surface area is 160 Å². The minimum atomic E-state index is 0.332. The second kappa shape index (κ2) is 6.84. The molecule has 0 fully saturated rings. The molecule has 0 saturated carbocycles. The smallest absolute Gasteiger partial charge is 0.172 e. The Morgan fingerprint density at radius 3 is 2.48 bits per heavy atom. The highest BCUT2D eigenvalue weighted by molar-refractivity contribution is 6.30. The number of allylic oxidation sites excluding steroid dienone is 1. The summed E-state index contributed by atoms with van der Waals surface area (Å²) in [7, 11) is 0. The van der Waals surface area contributed by atoms with Crippen molar-refractivity contribution in [3.63, 3.8) is 0 Å². The number of nitrogens with one attached hydrogen (secondary N) is 1. The van der Waals surface area contributed by atoms with Crippen LogP contribution < -0.4 is 0 Å². The largest absolute Gasteiger partial charge is 0.290 e. The first-order valence-electron chi connectivity index (χ1n) is 8.14. The number of rotatable bonds is 3. The maximum Gasteiger partial charge on any atom is 0.172 e. The van der Waals surface area contributed by atoms with Gasteiger partial charge in [0.25, 0.3) is 0 Å². The van der Waals surface area contributed by atoms with Gasteiger partial charge < -0.3 is 0 Å². The van der Waals surface area contributed by atoms with E-state index in [2.05, 4.69) is 22.2 Å². The summed E-state index contributed by atoms with van der Waals surface area (Å²) in [5.41, 5.74) is 4.14. The zero-order valence-electron chi connectivity index (χ0n) is 14.0. The molecule has 0 aliphatic carbocycles. The summed E-state index contributed by atoms with van der Waals surface area (Å²) in [6.07, 6.45) is 3.52. The minimum Gasteiger partial charge on any atom is -0.290 e. The third-order valence-electron chi connectivity index (χ3n) is 4.16. The molecule has 0 saturated heterocycles. The number of nitrogens with zero attached hydrogens (tertiary/aromatic N) is 4. The first-order valence-corrected chi connectivity index (χ1v) is 8.51. The molecule has 0 atom stereocenters. The number of halogens is 1. The monoisotopic (exact) mass is 369 g/mol. The quantitative estimate of drug-likeness (QED) is 0.520. The van der Waals surface area contributed by atoms with Crippen molar-refractivity contribution in [1.82, 2.24) is 14.6 Å². The molecule has 6 heteroatoms. The Hall–Kier alpha value is -3.80. The molecule has 4 rings (SSSR count). The van der Waals surface area contributed by atoms with Crippen molar-refractivity contribution in [2.24, 2.45) is 0 Å². The Morgan fingerprint density at radius 2 is 1.81 bits per heavy atom. The number of fused-ring (bicyclic) bond motifs is 1. The number of imidazole rings is 1. The third-order valence-corrected chi connectivity index (χ3v) is 4.42. The van der Waals surface area contributed by atoms with Crippen LogP contribution in [0.5, 0.6) is 0 Å². The van der Waals surface area contributed by atoms with Crippen molar-refractivity contribution in [2.45, 2.75) is 0 Å². The number of benzene rings is 2. The maximum atomic E-state index is 9.65. The summed E-state index contributed by atoms with van der Waals surface area (Å²) < 4.78 is 1.67. The second-order valence-electron chi connectivity index (χ2n) is 5.88. The maximum absolute atomic E-state index is 9.65. The van der Waals surface area contributed by atoms with Crippen LogP contribution in [0.3, 0.4) is 0 Å². The fraction of sp³-hybridized carbons (Fsp3) is 0. The predicted molar refractivity (Wildman–Crippen MR) is 105 cm³/mol. The SMILES string of the molecule is N#C/C(=C/c1ccc(Cl)cc1)c1[nH]n2cc(-c3ccccc3)nc2c1C#N. The van der Waals surface area contributed by atoms with E-state index in [4.69, 9.17) is 11.6 Å². The summed E-state index contributed by atoms with van der Waals surface area (Å²) >= 11 is 5.90. The molecule has 27 heavy (non-hydrogen) atoms. The lowest BCUT2D eigenvalue weighted by Crippen LogP contribution is -1.89. The minimum absolute atomic E-state index is 0.332. The van der Waals surface area contributed by atoms with Crippen molar-refractivity contribution in [3.05, 3.63) is 82.6 Å².